The third kappa shape index (κ3) is 3.00. The van der Waals surface area contributed by atoms with E-state index in [0.29, 0.717) is 6.54 Å². The Kier molecular flexibility index (Phi) is 3.51. The van der Waals surface area contributed by atoms with E-state index in [0.717, 1.165) is 22.2 Å². The second-order valence-corrected chi connectivity index (χ2v) is 4.61. The maximum Gasteiger partial charge on any atom is 0.309 e. The predicted molar refractivity (Wildman–Crippen MR) is 75.2 cm³/mol. The maximum absolute atomic E-state index is 10.5. The molecule has 104 valence electrons. The summed E-state index contributed by atoms with van der Waals surface area (Å²) in [5.74, 6) is -0.839. The molecule has 0 aliphatic heterocycles. The van der Waals surface area contributed by atoms with Crippen LogP contribution in [0.2, 0.25) is 0 Å². The van der Waals surface area contributed by atoms with Gasteiger partial charge in [-0.2, -0.15) is 0 Å². The number of aryl methyl sites for hydroxylation is 1. The number of carboxylic acid groups (broad SMARTS) is 1. The van der Waals surface area contributed by atoms with Crippen molar-refractivity contribution in [3.8, 4) is 11.3 Å². The van der Waals surface area contributed by atoms with E-state index in [2.05, 4.69) is 15.3 Å². The Balaban J connectivity index is 1.86. The van der Waals surface area contributed by atoms with Gasteiger partial charge >= 0.3 is 5.97 Å². The van der Waals surface area contributed by atoms with Gasteiger partial charge in [-0.05, 0) is 17.2 Å². The Morgan fingerprint density at radius 2 is 2.05 bits per heavy atom. The number of carbonyl (C=O) groups is 1. The molecule has 0 atom stereocenters. The number of nitrogens with zero attached hydrogens (tertiary/aromatic N) is 4. The van der Waals surface area contributed by atoms with Gasteiger partial charge in [0.25, 0.3) is 0 Å². The van der Waals surface area contributed by atoms with Crippen molar-refractivity contribution in [3.63, 3.8) is 0 Å². The van der Waals surface area contributed by atoms with Gasteiger partial charge in [0.1, 0.15) is 12.6 Å². The van der Waals surface area contributed by atoms with Crippen molar-refractivity contribution in [2.75, 3.05) is 0 Å². The lowest BCUT2D eigenvalue weighted by Crippen LogP contribution is -2.38. The van der Waals surface area contributed by atoms with E-state index in [-0.39, 0.29) is 6.42 Å². The number of fused-ring (bicyclic) bond motifs is 1. The van der Waals surface area contributed by atoms with Crippen molar-refractivity contribution in [2.45, 2.75) is 13.0 Å². The van der Waals surface area contributed by atoms with Crippen LogP contribution in [-0.2, 0) is 11.3 Å². The largest absolute Gasteiger partial charge is 0.481 e. The van der Waals surface area contributed by atoms with Crippen molar-refractivity contribution in [1.82, 2.24) is 15.3 Å². The zero-order valence-electron chi connectivity index (χ0n) is 11.2. The highest BCUT2D eigenvalue weighted by Gasteiger charge is 2.09. The van der Waals surface area contributed by atoms with Gasteiger partial charge in [0.2, 0.25) is 0 Å². The third-order valence-corrected chi connectivity index (χ3v) is 3.12. The van der Waals surface area contributed by atoms with E-state index in [1.165, 1.54) is 0 Å². The summed E-state index contributed by atoms with van der Waals surface area (Å²) in [7, 11) is 0. The quantitative estimate of drug-likeness (QED) is 0.732. The molecule has 6 heteroatoms. The van der Waals surface area contributed by atoms with Gasteiger partial charge in [-0.15, -0.1) is 10.2 Å². The minimum atomic E-state index is -0.839. The SMILES string of the molecule is O=C(O)CC[n+]1ccc(-c2cc3ccccc3nn2)cn1. The summed E-state index contributed by atoms with van der Waals surface area (Å²) in [5.41, 5.74) is 2.44. The summed E-state index contributed by atoms with van der Waals surface area (Å²) >= 11 is 0. The summed E-state index contributed by atoms with van der Waals surface area (Å²) in [6.07, 6.45) is 3.46. The first-order chi connectivity index (χ1) is 10.2. The van der Waals surface area contributed by atoms with Crippen molar-refractivity contribution in [2.24, 2.45) is 0 Å². The Hall–Kier alpha value is -2.89. The second-order valence-electron chi connectivity index (χ2n) is 4.61. The monoisotopic (exact) mass is 281 g/mol. The molecule has 0 saturated heterocycles. The number of hydrogen-bond acceptors (Lipinski definition) is 4. The first-order valence-corrected chi connectivity index (χ1v) is 6.53. The molecule has 1 aromatic carbocycles. The summed E-state index contributed by atoms with van der Waals surface area (Å²) in [6.45, 7) is 0.346. The minimum Gasteiger partial charge on any atom is -0.481 e. The number of aromatic nitrogens is 4. The zero-order valence-corrected chi connectivity index (χ0v) is 11.2. The summed E-state index contributed by atoms with van der Waals surface area (Å²) in [4.78, 5) is 10.5. The van der Waals surface area contributed by atoms with Crippen molar-refractivity contribution >= 4 is 16.9 Å². The molecule has 3 rings (SSSR count). The Bertz CT molecular complexity index is 787. The molecular weight excluding hydrogens is 268 g/mol. The van der Waals surface area contributed by atoms with Crippen LogP contribution in [-0.4, -0.2) is 26.4 Å². The summed E-state index contributed by atoms with van der Waals surface area (Å²) in [6, 6.07) is 11.6. The number of benzene rings is 1. The lowest BCUT2D eigenvalue weighted by atomic mass is 10.1. The number of rotatable bonds is 4. The van der Waals surface area contributed by atoms with E-state index in [1.807, 2.05) is 36.4 Å². The van der Waals surface area contributed by atoms with Crippen LogP contribution < -0.4 is 4.68 Å². The Morgan fingerprint density at radius 1 is 1.19 bits per heavy atom. The predicted octanol–water partition coefficient (Wildman–Crippen LogP) is 1.45. The average Bonchev–Trinajstić information content (AvgIpc) is 2.53. The van der Waals surface area contributed by atoms with Gasteiger partial charge in [0.15, 0.2) is 12.7 Å². The fourth-order valence-electron chi connectivity index (χ4n) is 2.00. The van der Waals surface area contributed by atoms with Crippen LogP contribution in [0.4, 0.5) is 0 Å². The maximum atomic E-state index is 10.5. The van der Waals surface area contributed by atoms with Crippen LogP contribution in [0.1, 0.15) is 6.42 Å². The molecule has 0 amide bonds. The topological polar surface area (TPSA) is 79.9 Å². The van der Waals surface area contributed by atoms with Crippen LogP contribution >= 0.6 is 0 Å². The Labute approximate surface area is 120 Å². The van der Waals surface area contributed by atoms with E-state index in [9.17, 15) is 4.79 Å². The van der Waals surface area contributed by atoms with Crippen LogP contribution in [0.25, 0.3) is 22.2 Å². The van der Waals surface area contributed by atoms with Crippen LogP contribution in [0, 0.1) is 0 Å². The molecule has 6 nitrogen and oxygen atoms in total. The van der Waals surface area contributed by atoms with Gasteiger partial charge in [-0.25, -0.2) is 0 Å². The number of hydrogen-bond donors (Lipinski definition) is 1. The molecule has 0 aliphatic carbocycles. The number of aliphatic carboxylic acids is 1. The molecule has 0 saturated carbocycles. The highest BCUT2D eigenvalue weighted by atomic mass is 16.4. The van der Waals surface area contributed by atoms with E-state index in [1.54, 1.807) is 17.1 Å². The fourth-order valence-corrected chi connectivity index (χ4v) is 2.00. The molecular formula is C15H13N4O2+. The Morgan fingerprint density at radius 3 is 2.81 bits per heavy atom. The van der Waals surface area contributed by atoms with Crippen LogP contribution in [0.3, 0.4) is 0 Å². The van der Waals surface area contributed by atoms with E-state index >= 15 is 0 Å². The van der Waals surface area contributed by atoms with Gasteiger partial charge < -0.3 is 5.11 Å². The van der Waals surface area contributed by atoms with Crippen LogP contribution in [0.15, 0.2) is 48.8 Å². The molecule has 0 unspecified atom stereocenters. The lowest BCUT2D eigenvalue weighted by Gasteiger charge is -2.00. The van der Waals surface area contributed by atoms with Gasteiger partial charge in [0.05, 0.1) is 11.2 Å². The smallest absolute Gasteiger partial charge is 0.309 e. The third-order valence-electron chi connectivity index (χ3n) is 3.12. The zero-order chi connectivity index (χ0) is 14.7. The first kappa shape index (κ1) is 13.1. The first-order valence-electron chi connectivity index (χ1n) is 6.53. The molecule has 3 aromatic rings. The highest BCUT2D eigenvalue weighted by molar-refractivity contribution is 5.81. The minimum absolute atomic E-state index is 0.0484. The molecule has 0 spiro atoms. The number of carboxylic acids is 1. The van der Waals surface area contributed by atoms with Gasteiger partial charge in [-0.3, -0.25) is 4.79 Å². The molecule has 2 aromatic heterocycles. The lowest BCUT2D eigenvalue weighted by molar-refractivity contribution is -0.752. The van der Waals surface area contributed by atoms with Crippen molar-refractivity contribution in [3.05, 3.63) is 48.8 Å². The molecule has 0 fully saturated rings. The van der Waals surface area contributed by atoms with E-state index in [4.69, 9.17) is 5.11 Å². The molecule has 0 bridgehead atoms. The molecule has 1 N–H and O–H groups in total. The van der Waals surface area contributed by atoms with Gasteiger partial charge in [0, 0.05) is 17.0 Å². The average molecular weight is 281 g/mol. The van der Waals surface area contributed by atoms with Crippen molar-refractivity contribution in [1.29, 1.82) is 0 Å². The molecule has 0 radical (unpaired) electrons. The summed E-state index contributed by atoms with van der Waals surface area (Å²) < 4.78 is 1.59. The molecule has 2 heterocycles. The normalized spacial score (nSPS) is 10.7. The molecule has 21 heavy (non-hydrogen) atoms. The van der Waals surface area contributed by atoms with Gasteiger partial charge in [-0.1, -0.05) is 22.9 Å². The van der Waals surface area contributed by atoms with Crippen LogP contribution in [0.5, 0.6) is 0 Å². The van der Waals surface area contributed by atoms with Crippen molar-refractivity contribution < 1.29 is 14.6 Å². The fraction of sp³-hybridized carbons (Fsp3) is 0.133. The second kappa shape index (κ2) is 5.62. The molecule has 0 aliphatic rings. The standard InChI is InChI=1S/C15H12N4O2/c20-15(21)6-8-19-7-5-12(10-16-19)14-9-11-3-1-2-4-13(11)17-18-14/h1-5,7,9-10H,6,8H2/p+1. The van der Waals surface area contributed by atoms with E-state index < -0.39 is 5.97 Å². The highest BCUT2D eigenvalue weighted by Crippen LogP contribution is 2.18. The summed E-state index contributed by atoms with van der Waals surface area (Å²) in [5, 5.41) is 22.2.